The Labute approximate surface area is 190 Å². The summed E-state index contributed by atoms with van der Waals surface area (Å²) in [6, 6.07) is 0. The van der Waals surface area contributed by atoms with E-state index in [0.717, 1.165) is 0 Å². The Hall–Kier alpha value is -0.420. The predicted molar refractivity (Wildman–Crippen MR) is 116 cm³/mol. The number of hydrogen-bond donors (Lipinski definition) is 6. The van der Waals surface area contributed by atoms with Crippen molar-refractivity contribution in [2.24, 2.45) is 0 Å². The van der Waals surface area contributed by atoms with Crippen molar-refractivity contribution in [1.29, 1.82) is 0 Å². The summed E-state index contributed by atoms with van der Waals surface area (Å²) in [6.45, 7) is 0.301. The van der Waals surface area contributed by atoms with Crippen LogP contribution in [0.5, 0.6) is 0 Å². The van der Waals surface area contributed by atoms with Gasteiger partial charge in [-0.05, 0) is 12.8 Å². The molecule has 0 heterocycles. The van der Waals surface area contributed by atoms with Crippen molar-refractivity contribution in [3.63, 3.8) is 0 Å². The van der Waals surface area contributed by atoms with Crippen molar-refractivity contribution in [3.8, 4) is 0 Å². The van der Waals surface area contributed by atoms with Gasteiger partial charge in [-0.3, -0.25) is 19.2 Å². The van der Waals surface area contributed by atoms with E-state index in [0.29, 0.717) is 10.8 Å². The van der Waals surface area contributed by atoms with Crippen molar-refractivity contribution in [2.45, 2.75) is 50.1 Å². The average molecular weight is 628 g/mol. The van der Waals surface area contributed by atoms with Gasteiger partial charge in [0.05, 0.1) is 8.86 Å². The Morgan fingerprint density at radius 1 is 0.750 bits per heavy atom. The molecule has 12 heteroatoms. The second-order valence-corrected chi connectivity index (χ2v) is 7.52. The number of aliphatic hydroxyl groups excluding tert-OH is 4. The second kappa shape index (κ2) is 15.4. The van der Waals surface area contributed by atoms with Crippen LogP contribution in [-0.4, -0.2) is 90.2 Å². The summed E-state index contributed by atoms with van der Waals surface area (Å²) < 4.78 is 0.629. The van der Waals surface area contributed by atoms with Crippen LogP contribution >= 0.6 is 45.2 Å². The number of aliphatic hydroxyl groups is 4. The van der Waals surface area contributed by atoms with Gasteiger partial charge in [0.25, 0.3) is 5.91 Å². The number of alkyl halides is 2. The molecule has 0 aliphatic rings. The van der Waals surface area contributed by atoms with Gasteiger partial charge in [-0.2, -0.15) is 0 Å². The highest BCUT2D eigenvalue weighted by Gasteiger charge is 2.36. The molecule has 162 valence electrons. The lowest BCUT2D eigenvalue weighted by molar-refractivity contribution is -0.154. The molecular weight excluding hydrogens is 602 g/mol. The van der Waals surface area contributed by atoms with Crippen LogP contribution in [0, 0.1) is 0 Å². The molecular formula is C16H26I2N2O8. The van der Waals surface area contributed by atoms with Crippen molar-refractivity contribution in [2.75, 3.05) is 21.9 Å². The Kier molecular flexibility index (Phi) is 15.2. The number of rotatable bonds is 15. The van der Waals surface area contributed by atoms with E-state index < -0.39 is 36.1 Å². The maximum Gasteiger partial charge on any atom is 0.251 e. The third-order valence-corrected chi connectivity index (χ3v) is 5.26. The normalized spacial score (nSPS) is 15.2. The van der Waals surface area contributed by atoms with Gasteiger partial charge in [-0.1, -0.05) is 45.2 Å². The number of halogens is 2. The molecule has 0 rings (SSSR count). The maximum absolute atomic E-state index is 11.8. The van der Waals surface area contributed by atoms with Crippen LogP contribution in [0.15, 0.2) is 0 Å². The third-order valence-electron chi connectivity index (χ3n) is 3.72. The van der Waals surface area contributed by atoms with E-state index in [1.54, 1.807) is 0 Å². The minimum absolute atomic E-state index is 0.0151. The number of carbonyl (C=O) groups excluding carboxylic acids is 4. The standard InChI is InChI=1S/C16H26I2N2O8/c17-7-9(21)3-1-6-20-16(28)15(27)14(26)13(25)12(24)10(22)4-2-5-19-11(23)8-18/h12-15,24-27H,1-8H2,(H,19,23)(H,20,28)/t12-,13+,14+,15-/m0/s1. The average Bonchev–Trinajstić information content (AvgIpc) is 2.70. The van der Waals surface area contributed by atoms with Gasteiger partial charge in [-0.25, -0.2) is 0 Å². The van der Waals surface area contributed by atoms with Gasteiger partial charge in [0.1, 0.15) is 24.1 Å². The van der Waals surface area contributed by atoms with Crippen LogP contribution in [0.25, 0.3) is 0 Å². The highest BCUT2D eigenvalue weighted by Crippen LogP contribution is 2.09. The number of carbonyl (C=O) groups is 4. The van der Waals surface area contributed by atoms with Crippen molar-refractivity contribution >= 4 is 68.6 Å². The molecule has 2 amide bonds. The van der Waals surface area contributed by atoms with Gasteiger partial charge < -0.3 is 31.1 Å². The summed E-state index contributed by atoms with van der Waals surface area (Å²) in [5, 5.41) is 44.1. The molecule has 0 unspecified atom stereocenters. The lowest BCUT2D eigenvalue weighted by atomic mass is 9.97. The van der Waals surface area contributed by atoms with Crippen LogP contribution < -0.4 is 10.6 Å². The number of nitrogens with one attached hydrogen (secondary N) is 2. The fourth-order valence-electron chi connectivity index (χ4n) is 2.07. The molecule has 6 N–H and O–H groups in total. The second-order valence-electron chi connectivity index (χ2n) is 5.99. The first kappa shape index (κ1) is 27.6. The smallest absolute Gasteiger partial charge is 0.251 e. The zero-order valence-electron chi connectivity index (χ0n) is 15.1. The van der Waals surface area contributed by atoms with E-state index in [-0.39, 0.29) is 48.5 Å². The molecule has 0 spiro atoms. The highest BCUT2D eigenvalue weighted by molar-refractivity contribution is 14.1. The topological polar surface area (TPSA) is 173 Å². The van der Waals surface area contributed by atoms with Crippen LogP contribution in [0.4, 0.5) is 0 Å². The van der Waals surface area contributed by atoms with Gasteiger partial charge in [0.15, 0.2) is 11.9 Å². The van der Waals surface area contributed by atoms with E-state index in [1.165, 1.54) is 0 Å². The van der Waals surface area contributed by atoms with Gasteiger partial charge in [-0.15, -0.1) is 0 Å². The Morgan fingerprint density at radius 2 is 1.29 bits per heavy atom. The van der Waals surface area contributed by atoms with Crippen molar-refractivity contribution in [3.05, 3.63) is 0 Å². The molecule has 0 radical (unpaired) electrons. The van der Waals surface area contributed by atoms with E-state index in [1.807, 2.05) is 45.2 Å². The Bertz CT molecular complexity index is 489. The quantitative estimate of drug-likeness (QED) is 0.0703. The summed E-state index contributed by atoms with van der Waals surface area (Å²) in [5.74, 6) is -1.96. The zero-order valence-corrected chi connectivity index (χ0v) is 19.5. The summed E-state index contributed by atoms with van der Waals surface area (Å²) >= 11 is 3.80. The first-order chi connectivity index (χ1) is 13.1. The molecule has 0 bridgehead atoms. The van der Waals surface area contributed by atoms with E-state index in [9.17, 15) is 39.6 Å². The maximum atomic E-state index is 11.8. The largest absolute Gasteiger partial charge is 0.387 e. The molecule has 0 saturated carbocycles. The SMILES string of the molecule is O=C(CI)CCCNC(=O)[C@@H](O)[C@H](O)[C@H](O)[C@@H](O)C(=O)CCCNC(=O)CI. The molecule has 0 aromatic rings. The minimum Gasteiger partial charge on any atom is -0.387 e. The van der Waals surface area contributed by atoms with Crippen LogP contribution in [0.2, 0.25) is 0 Å². The summed E-state index contributed by atoms with van der Waals surface area (Å²) in [5.41, 5.74) is 0. The zero-order chi connectivity index (χ0) is 21.7. The fraction of sp³-hybridized carbons (Fsp3) is 0.750. The summed E-state index contributed by atoms with van der Waals surface area (Å²) in [7, 11) is 0. The van der Waals surface area contributed by atoms with Crippen LogP contribution in [-0.2, 0) is 19.2 Å². The Morgan fingerprint density at radius 3 is 1.86 bits per heavy atom. The number of amides is 2. The molecule has 0 aliphatic heterocycles. The highest BCUT2D eigenvalue weighted by atomic mass is 127. The molecule has 0 saturated heterocycles. The molecule has 0 aliphatic carbocycles. The van der Waals surface area contributed by atoms with Crippen molar-refractivity contribution in [1.82, 2.24) is 10.6 Å². The minimum atomic E-state index is -2.08. The first-order valence-electron chi connectivity index (χ1n) is 8.58. The van der Waals surface area contributed by atoms with E-state index in [2.05, 4.69) is 10.6 Å². The lowest BCUT2D eigenvalue weighted by Gasteiger charge is -2.25. The van der Waals surface area contributed by atoms with Gasteiger partial charge in [0.2, 0.25) is 5.91 Å². The lowest BCUT2D eigenvalue weighted by Crippen LogP contribution is -2.52. The molecule has 0 aromatic carbocycles. The van der Waals surface area contributed by atoms with Gasteiger partial charge >= 0.3 is 0 Å². The predicted octanol–water partition coefficient (Wildman–Crippen LogP) is -1.77. The van der Waals surface area contributed by atoms with E-state index >= 15 is 0 Å². The monoisotopic (exact) mass is 628 g/mol. The molecule has 10 nitrogen and oxygen atoms in total. The van der Waals surface area contributed by atoms with Crippen LogP contribution in [0.1, 0.15) is 25.7 Å². The molecule has 4 atom stereocenters. The number of ketones is 2. The molecule has 28 heavy (non-hydrogen) atoms. The molecule has 0 fully saturated rings. The number of Topliss-reactive ketones (excluding diaryl/α,β-unsaturated/α-hetero) is 2. The first-order valence-corrected chi connectivity index (χ1v) is 11.6. The van der Waals surface area contributed by atoms with Gasteiger partial charge in [0, 0.05) is 25.9 Å². The fourth-order valence-corrected chi connectivity index (χ4v) is 2.72. The molecule has 0 aromatic heterocycles. The third kappa shape index (κ3) is 10.9. The number of hydrogen-bond acceptors (Lipinski definition) is 8. The summed E-state index contributed by atoms with van der Waals surface area (Å²) in [4.78, 5) is 45.8. The Balaban J connectivity index is 4.34. The summed E-state index contributed by atoms with van der Waals surface area (Å²) in [6.07, 6.45) is -7.50. The van der Waals surface area contributed by atoms with Crippen molar-refractivity contribution < 1.29 is 39.6 Å². The van der Waals surface area contributed by atoms with Crippen LogP contribution in [0.3, 0.4) is 0 Å². The van der Waals surface area contributed by atoms with E-state index in [4.69, 9.17) is 0 Å².